The summed E-state index contributed by atoms with van der Waals surface area (Å²) in [6, 6.07) is 16.6. The predicted octanol–water partition coefficient (Wildman–Crippen LogP) is 4.14. The maximum absolute atomic E-state index is 13.7. The smallest absolute Gasteiger partial charge is 0.236 e. The molecule has 0 aliphatic carbocycles. The van der Waals surface area contributed by atoms with Crippen LogP contribution in [0.4, 0.5) is 9.52 Å². The molecule has 0 aliphatic rings. The van der Waals surface area contributed by atoms with Crippen molar-refractivity contribution in [3.8, 4) is 0 Å². The Bertz CT molecular complexity index is 839. The van der Waals surface area contributed by atoms with Crippen LogP contribution in [-0.4, -0.2) is 21.9 Å². The lowest BCUT2D eigenvalue weighted by Gasteiger charge is -2.02. The third kappa shape index (κ3) is 5.37. The molecule has 0 radical (unpaired) electrons. The molecule has 0 unspecified atom stereocenters. The molecule has 7 heteroatoms. The molecule has 0 saturated heterocycles. The highest BCUT2D eigenvalue weighted by Crippen LogP contribution is 2.20. The minimum Gasteiger partial charge on any atom is -0.300 e. The molecule has 2 aromatic carbocycles. The third-order valence-electron chi connectivity index (χ3n) is 3.36. The first-order valence-electron chi connectivity index (χ1n) is 7.68. The van der Waals surface area contributed by atoms with Gasteiger partial charge in [0.15, 0.2) is 0 Å². The third-order valence-corrected chi connectivity index (χ3v) is 5.20. The van der Waals surface area contributed by atoms with Crippen LogP contribution in [0.15, 0.2) is 54.6 Å². The first kappa shape index (κ1) is 17.6. The van der Waals surface area contributed by atoms with Crippen LogP contribution in [0.1, 0.15) is 16.1 Å². The van der Waals surface area contributed by atoms with Gasteiger partial charge in [-0.1, -0.05) is 59.9 Å². The number of halogens is 1. The summed E-state index contributed by atoms with van der Waals surface area (Å²) < 4.78 is 13.7. The summed E-state index contributed by atoms with van der Waals surface area (Å²) in [7, 11) is 0. The Balaban J connectivity index is 1.47. The van der Waals surface area contributed by atoms with Gasteiger partial charge in [-0.2, -0.15) is 0 Å². The molecule has 1 amide bonds. The Labute approximate surface area is 153 Å². The van der Waals surface area contributed by atoms with Gasteiger partial charge in [-0.3, -0.25) is 10.1 Å². The van der Waals surface area contributed by atoms with Crippen LogP contribution in [0.3, 0.4) is 0 Å². The zero-order chi connectivity index (χ0) is 17.5. The standard InChI is InChI=1S/C18H16FN3OS2/c19-15-9-5-4-8-14(15)10-17-21-22-18(25-17)20-16(23)12-24-11-13-6-2-1-3-7-13/h1-9H,10-12H2,(H,20,22,23). The van der Waals surface area contributed by atoms with E-state index in [9.17, 15) is 9.18 Å². The average Bonchev–Trinajstić information content (AvgIpc) is 3.05. The van der Waals surface area contributed by atoms with Gasteiger partial charge < -0.3 is 0 Å². The number of carbonyl (C=O) groups is 1. The summed E-state index contributed by atoms with van der Waals surface area (Å²) >= 11 is 2.80. The number of nitrogens with one attached hydrogen (secondary N) is 1. The average molecular weight is 373 g/mol. The van der Waals surface area contributed by atoms with Crippen molar-refractivity contribution in [1.29, 1.82) is 0 Å². The molecule has 0 saturated carbocycles. The lowest BCUT2D eigenvalue weighted by Crippen LogP contribution is -2.13. The SMILES string of the molecule is O=C(CSCc1ccccc1)Nc1nnc(Cc2ccccc2F)s1. The number of amides is 1. The molecule has 1 heterocycles. The fourth-order valence-corrected chi connectivity index (χ4v) is 3.74. The van der Waals surface area contributed by atoms with Gasteiger partial charge in [0.05, 0.1) is 5.75 Å². The van der Waals surface area contributed by atoms with Crippen molar-refractivity contribution in [3.05, 3.63) is 76.5 Å². The van der Waals surface area contributed by atoms with E-state index >= 15 is 0 Å². The lowest BCUT2D eigenvalue weighted by atomic mass is 10.1. The molecule has 1 aromatic heterocycles. The molecule has 0 fully saturated rings. The van der Waals surface area contributed by atoms with E-state index in [1.165, 1.54) is 34.7 Å². The maximum atomic E-state index is 13.7. The van der Waals surface area contributed by atoms with Gasteiger partial charge in [0.1, 0.15) is 10.8 Å². The predicted molar refractivity (Wildman–Crippen MR) is 100 cm³/mol. The van der Waals surface area contributed by atoms with Crippen LogP contribution >= 0.6 is 23.1 Å². The molecule has 0 atom stereocenters. The largest absolute Gasteiger partial charge is 0.300 e. The monoisotopic (exact) mass is 373 g/mol. The van der Waals surface area contributed by atoms with Crippen LogP contribution in [0.5, 0.6) is 0 Å². The summed E-state index contributed by atoms with van der Waals surface area (Å²) in [4.78, 5) is 12.0. The zero-order valence-electron chi connectivity index (χ0n) is 13.3. The second kappa shape index (κ2) is 8.73. The van der Waals surface area contributed by atoms with Crippen LogP contribution in [0, 0.1) is 5.82 Å². The van der Waals surface area contributed by atoms with E-state index in [0.717, 1.165) is 5.75 Å². The van der Waals surface area contributed by atoms with Crippen LogP contribution in [0.2, 0.25) is 0 Å². The van der Waals surface area contributed by atoms with E-state index in [0.29, 0.717) is 27.9 Å². The fraction of sp³-hybridized carbons (Fsp3) is 0.167. The van der Waals surface area contributed by atoms with Gasteiger partial charge >= 0.3 is 0 Å². The molecule has 128 valence electrons. The minimum atomic E-state index is -0.263. The first-order chi connectivity index (χ1) is 12.2. The molecule has 25 heavy (non-hydrogen) atoms. The quantitative estimate of drug-likeness (QED) is 0.676. The molecule has 0 spiro atoms. The molecular formula is C18H16FN3OS2. The topological polar surface area (TPSA) is 54.9 Å². The number of thioether (sulfide) groups is 1. The van der Waals surface area contributed by atoms with E-state index in [4.69, 9.17) is 0 Å². The number of hydrogen-bond acceptors (Lipinski definition) is 5. The highest BCUT2D eigenvalue weighted by Gasteiger charge is 2.10. The van der Waals surface area contributed by atoms with Crippen molar-refractivity contribution in [3.63, 3.8) is 0 Å². The van der Waals surface area contributed by atoms with Gasteiger partial charge in [0.25, 0.3) is 0 Å². The fourth-order valence-electron chi connectivity index (χ4n) is 2.17. The number of nitrogens with zero attached hydrogens (tertiary/aromatic N) is 2. The van der Waals surface area contributed by atoms with Crippen molar-refractivity contribution in [1.82, 2.24) is 10.2 Å². The van der Waals surface area contributed by atoms with E-state index < -0.39 is 0 Å². The van der Waals surface area contributed by atoms with E-state index in [1.54, 1.807) is 18.2 Å². The molecule has 3 aromatic rings. The minimum absolute atomic E-state index is 0.116. The van der Waals surface area contributed by atoms with Crippen molar-refractivity contribution < 1.29 is 9.18 Å². The number of anilines is 1. The van der Waals surface area contributed by atoms with Crippen molar-refractivity contribution in [2.45, 2.75) is 12.2 Å². The number of carbonyl (C=O) groups excluding carboxylic acids is 1. The van der Waals surface area contributed by atoms with Gasteiger partial charge in [-0.25, -0.2) is 4.39 Å². The summed E-state index contributed by atoms with van der Waals surface area (Å²) in [5.74, 6) is 0.746. The molecule has 0 aliphatic heterocycles. The van der Waals surface area contributed by atoms with E-state index in [1.807, 2.05) is 30.3 Å². The zero-order valence-corrected chi connectivity index (χ0v) is 14.9. The second-order valence-electron chi connectivity index (χ2n) is 5.30. The Morgan fingerprint density at radius 3 is 2.64 bits per heavy atom. The van der Waals surface area contributed by atoms with Gasteiger partial charge in [0, 0.05) is 12.2 Å². The lowest BCUT2D eigenvalue weighted by molar-refractivity contribution is -0.113. The molecule has 4 nitrogen and oxygen atoms in total. The Morgan fingerprint density at radius 2 is 1.84 bits per heavy atom. The van der Waals surface area contributed by atoms with E-state index in [2.05, 4.69) is 15.5 Å². The molecule has 1 N–H and O–H groups in total. The maximum Gasteiger partial charge on any atom is 0.236 e. The first-order valence-corrected chi connectivity index (χ1v) is 9.65. The van der Waals surface area contributed by atoms with Crippen LogP contribution < -0.4 is 5.32 Å². The Hall–Kier alpha value is -2.25. The summed E-state index contributed by atoms with van der Waals surface area (Å²) in [6.45, 7) is 0. The van der Waals surface area contributed by atoms with Crippen molar-refractivity contribution in [2.24, 2.45) is 0 Å². The van der Waals surface area contributed by atoms with Gasteiger partial charge in [-0.15, -0.1) is 22.0 Å². The van der Waals surface area contributed by atoms with Gasteiger partial charge in [0.2, 0.25) is 11.0 Å². The van der Waals surface area contributed by atoms with Crippen LogP contribution in [0.25, 0.3) is 0 Å². The summed E-state index contributed by atoms with van der Waals surface area (Å²) in [5, 5.41) is 11.8. The molecule has 0 bridgehead atoms. The van der Waals surface area contributed by atoms with Crippen molar-refractivity contribution in [2.75, 3.05) is 11.1 Å². The number of aromatic nitrogens is 2. The normalized spacial score (nSPS) is 10.6. The highest BCUT2D eigenvalue weighted by atomic mass is 32.2. The number of benzene rings is 2. The van der Waals surface area contributed by atoms with E-state index in [-0.39, 0.29) is 11.7 Å². The second-order valence-corrected chi connectivity index (χ2v) is 7.34. The summed E-state index contributed by atoms with van der Waals surface area (Å²) in [6.07, 6.45) is 0.364. The summed E-state index contributed by atoms with van der Waals surface area (Å²) in [5.41, 5.74) is 1.75. The van der Waals surface area contributed by atoms with Gasteiger partial charge in [-0.05, 0) is 17.2 Å². The highest BCUT2D eigenvalue weighted by molar-refractivity contribution is 7.99. The number of rotatable bonds is 7. The number of hydrogen-bond donors (Lipinski definition) is 1. The Morgan fingerprint density at radius 1 is 1.08 bits per heavy atom. The Kier molecular flexibility index (Phi) is 6.14. The van der Waals surface area contributed by atoms with Crippen molar-refractivity contribution >= 4 is 34.1 Å². The molecule has 3 rings (SSSR count). The molecular weight excluding hydrogens is 357 g/mol. The van der Waals surface area contributed by atoms with Crippen LogP contribution in [-0.2, 0) is 17.0 Å².